The quantitative estimate of drug-likeness (QED) is 0.605. The Morgan fingerprint density at radius 1 is 1.10 bits per heavy atom. The van der Waals surface area contributed by atoms with Crippen molar-refractivity contribution in [2.45, 2.75) is 32.7 Å². The zero-order chi connectivity index (χ0) is 20.9. The van der Waals surface area contributed by atoms with Gasteiger partial charge in [-0.15, -0.1) is 11.3 Å². The zero-order valence-corrected chi connectivity index (χ0v) is 18.1. The highest BCUT2D eigenvalue weighted by molar-refractivity contribution is 7.13. The highest BCUT2D eigenvalue weighted by Crippen LogP contribution is 2.34. The van der Waals surface area contributed by atoms with Gasteiger partial charge in [0.25, 0.3) is 0 Å². The van der Waals surface area contributed by atoms with Gasteiger partial charge >= 0.3 is 0 Å². The van der Waals surface area contributed by atoms with Crippen LogP contribution in [0.2, 0.25) is 0 Å². The van der Waals surface area contributed by atoms with Gasteiger partial charge in [0.15, 0.2) is 11.5 Å². The number of nitrogens with one attached hydrogen (secondary N) is 1. The van der Waals surface area contributed by atoms with Gasteiger partial charge in [0.1, 0.15) is 5.01 Å². The van der Waals surface area contributed by atoms with E-state index >= 15 is 0 Å². The third-order valence-corrected chi connectivity index (χ3v) is 5.97. The van der Waals surface area contributed by atoms with Crippen LogP contribution < -0.4 is 14.8 Å². The van der Waals surface area contributed by atoms with Gasteiger partial charge in [0.05, 0.1) is 31.4 Å². The first kappa shape index (κ1) is 20.4. The average molecular weight is 423 g/mol. The summed E-state index contributed by atoms with van der Waals surface area (Å²) in [6, 6.07) is 15.8. The summed E-state index contributed by atoms with van der Waals surface area (Å²) in [4.78, 5) is 17.4. The first-order valence-electron chi connectivity index (χ1n) is 10.3. The summed E-state index contributed by atoms with van der Waals surface area (Å²) in [5.41, 5.74) is 2.88. The van der Waals surface area contributed by atoms with Crippen LogP contribution in [0.15, 0.2) is 53.9 Å². The molecule has 0 spiro atoms. The van der Waals surface area contributed by atoms with Gasteiger partial charge in [-0.3, -0.25) is 4.79 Å². The molecule has 0 bridgehead atoms. The van der Waals surface area contributed by atoms with Crippen LogP contribution in [0.5, 0.6) is 11.5 Å². The predicted octanol–water partition coefficient (Wildman–Crippen LogP) is 5.03. The fourth-order valence-corrected chi connectivity index (χ4v) is 4.32. The van der Waals surface area contributed by atoms with Gasteiger partial charge < -0.3 is 14.8 Å². The van der Waals surface area contributed by atoms with Gasteiger partial charge in [-0.1, -0.05) is 50.2 Å². The van der Waals surface area contributed by atoms with Crippen molar-refractivity contribution >= 4 is 17.2 Å². The summed E-state index contributed by atoms with van der Waals surface area (Å²) in [7, 11) is 0. The molecule has 3 aromatic rings. The summed E-state index contributed by atoms with van der Waals surface area (Å²) in [6.07, 6.45) is 1.13. The SMILES string of the molecule is CC(C)[C@@H](NC(=O)Cc1csc(-c2ccccc2)n1)c1ccc2c(c1)OCCCO2. The van der Waals surface area contributed by atoms with E-state index in [1.165, 1.54) is 0 Å². The van der Waals surface area contributed by atoms with Crippen LogP contribution in [0.1, 0.15) is 37.6 Å². The second kappa shape index (κ2) is 9.30. The Morgan fingerprint density at radius 3 is 2.63 bits per heavy atom. The number of aromatic nitrogens is 1. The minimum absolute atomic E-state index is 0.0364. The minimum Gasteiger partial charge on any atom is -0.490 e. The molecule has 2 heterocycles. The van der Waals surface area contributed by atoms with E-state index in [2.05, 4.69) is 24.1 Å². The Kier molecular flexibility index (Phi) is 6.33. The van der Waals surface area contributed by atoms with Crippen LogP contribution in [-0.4, -0.2) is 24.1 Å². The molecule has 0 unspecified atom stereocenters. The molecule has 1 N–H and O–H groups in total. The lowest BCUT2D eigenvalue weighted by molar-refractivity contribution is -0.121. The molecule has 2 aromatic carbocycles. The molecular weight excluding hydrogens is 396 g/mol. The molecule has 1 atom stereocenters. The standard InChI is InChI=1S/C24H26N2O3S/c1-16(2)23(18-9-10-20-21(13-18)29-12-6-11-28-20)26-22(27)14-19-15-30-24(25-19)17-7-4-3-5-8-17/h3-5,7-10,13,15-16,23H,6,11-12,14H2,1-2H3,(H,26,27)/t23-/m1/s1. The molecule has 6 heteroatoms. The van der Waals surface area contributed by atoms with Gasteiger partial charge in [0, 0.05) is 17.4 Å². The minimum atomic E-state index is -0.109. The summed E-state index contributed by atoms with van der Waals surface area (Å²) in [6.45, 7) is 5.51. The van der Waals surface area contributed by atoms with Crippen molar-refractivity contribution in [2.75, 3.05) is 13.2 Å². The molecular formula is C24H26N2O3S. The maximum atomic E-state index is 12.8. The van der Waals surface area contributed by atoms with Gasteiger partial charge in [-0.2, -0.15) is 0 Å². The molecule has 0 fully saturated rings. The van der Waals surface area contributed by atoms with Crippen LogP contribution in [-0.2, 0) is 11.2 Å². The van der Waals surface area contributed by atoms with Crippen LogP contribution in [0, 0.1) is 5.92 Å². The van der Waals surface area contributed by atoms with E-state index in [1.54, 1.807) is 11.3 Å². The van der Waals surface area contributed by atoms with Gasteiger partial charge in [0.2, 0.25) is 5.91 Å². The Labute approximate surface area is 181 Å². The molecule has 0 aliphatic carbocycles. The summed E-state index contributed by atoms with van der Waals surface area (Å²) in [5.74, 6) is 1.71. The van der Waals surface area contributed by atoms with Crippen molar-refractivity contribution in [1.82, 2.24) is 10.3 Å². The number of carbonyl (C=O) groups is 1. The third kappa shape index (κ3) is 4.82. The number of hydrogen-bond acceptors (Lipinski definition) is 5. The van der Waals surface area contributed by atoms with Crippen molar-refractivity contribution < 1.29 is 14.3 Å². The molecule has 0 radical (unpaired) electrons. The molecule has 0 saturated heterocycles. The van der Waals surface area contributed by atoms with E-state index in [0.29, 0.717) is 13.2 Å². The number of nitrogens with zero attached hydrogens (tertiary/aromatic N) is 1. The van der Waals surface area contributed by atoms with Crippen molar-refractivity contribution in [1.29, 1.82) is 0 Å². The maximum absolute atomic E-state index is 12.8. The normalized spacial score (nSPS) is 14.2. The number of thiazole rings is 1. The summed E-state index contributed by atoms with van der Waals surface area (Å²) >= 11 is 1.56. The van der Waals surface area contributed by atoms with Crippen LogP contribution in [0.4, 0.5) is 0 Å². The Morgan fingerprint density at radius 2 is 1.87 bits per heavy atom. The molecule has 1 aliphatic rings. The van der Waals surface area contributed by atoms with E-state index in [-0.39, 0.29) is 24.3 Å². The second-order valence-corrected chi connectivity index (χ2v) is 8.59. The number of hydrogen-bond donors (Lipinski definition) is 1. The highest BCUT2D eigenvalue weighted by atomic mass is 32.1. The fraction of sp³-hybridized carbons (Fsp3) is 0.333. The lowest BCUT2D eigenvalue weighted by Gasteiger charge is -2.23. The number of carbonyl (C=O) groups excluding carboxylic acids is 1. The lowest BCUT2D eigenvalue weighted by Crippen LogP contribution is -2.33. The molecule has 1 amide bonds. The molecule has 5 nitrogen and oxygen atoms in total. The Balaban J connectivity index is 1.45. The largest absolute Gasteiger partial charge is 0.490 e. The monoisotopic (exact) mass is 422 g/mol. The van der Waals surface area contributed by atoms with Crippen molar-refractivity contribution in [3.8, 4) is 22.1 Å². The van der Waals surface area contributed by atoms with E-state index in [1.807, 2.05) is 53.9 Å². The van der Waals surface area contributed by atoms with Gasteiger partial charge in [-0.05, 0) is 23.6 Å². The lowest BCUT2D eigenvalue weighted by atomic mass is 9.95. The number of benzene rings is 2. The first-order valence-corrected chi connectivity index (χ1v) is 11.2. The summed E-state index contributed by atoms with van der Waals surface area (Å²) in [5, 5.41) is 6.07. The van der Waals surface area contributed by atoms with E-state index in [4.69, 9.17) is 9.47 Å². The van der Waals surface area contributed by atoms with E-state index in [9.17, 15) is 4.79 Å². The number of ether oxygens (including phenoxy) is 2. The van der Waals surface area contributed by atoms with Crippen molar-refractivity contribution in [3.05, 3.63) is 65.2 Å². The number of amides is 1. The highest BCUT2D eigenvalue weighted by Gasteiger charge is 2.21. The predicted molar refractivity (Wildman–Crippen MR) is 119 cm³/mol. The molecule has 1 aromatic heterocycles. The fourth-order valence-electron chi connectivity index (χ4n) is 3.50. The topological polar surface area (TPSA) is 60.5 Å². The number of rotatable bonds is 6. The summed E-state index contributed by atoms with van der Waals surface area (Å²) < 4.78 is 11.5. The van der Waals surface area contributed by atoms with E-state index in [0.717, 1.165) is 39.7 Å². The van der Waals surface area contributed by atoms with Crippen LogP contribution in [0.3, 0.4) is 0 Å². The van der Waals surface area contributed by atoms with Crippen LogP contribution in [0.25, 0.3) is 10.6 Å². The molecule has 0 saturated carbocycles. The maximum Gasteiger partial charge on any atom is 0.226 e. The smallest absolute Gasteiger partial charge is 0.226 e. The number of fused-ring (bicyclic) bond motifs is 1. The average Bonchev–Trinajstić information content (AvgIpc) is 3.08. The van der Waals surface area contributed by atoms with Crippen molar-refractivity contribution in [3.63, 3.8) is 0 Å². The van der Waals surface area contributed by atoms with E-state index < -0.39 is 0 Å². The first-order chi connectivity index (χ1) is 14.6. The van der Waals surface area contributed by atoms with Gasteiger partial charge in [-0.25, -0.2) is 4.98 Å². The second-order valence-electron chi connectivity index (χ2n) is 7.73. The molecule has 30 heavy (non-hydrogen) atoms. The molecule has 156 valence electrons. The van der Waals surface area contributed by atoms with Crippen molar-refractivity contribution in [2.24, 2.45) is 5.92 Å². The molecule has 1 aliphatic heterocycles. The molecule has 4 rings (SSSR count). The third-order valence-electron chi connectivity index (χ3n) is 5.03. The van der Waals surface area contributed by atoms with Crippen LogP contribution >= 0.6 is 11.3 Å². The zero-order valence-electron chi connectivity index (χ0n) is 17.3. The Hall–Kier alpha value is -2.86. The Bertz CT molecular complexity index is 1000.